The van der Waals surface area contributed by atoms with E-state index in [1.165, 1.54) is 60.2 Å². The Bertz CT molecular complexity index is 1280. The molecule has 0 bridgehead atoms. The number of benzene rings is 2. The van der Waals surface area contributed by atoms with Crippen molar-refractivity contribution in [2.24, 2.45) is 0 Å². The van der Waals surface area contributed by atoms with Gasteiger partial charge in [-0.1, -0.05) is 48.9 Å². The van der Waals surface area contributed by atoms with Gasteiger partial charge in [0.15, 0.2) is 0 Å². The third kappa shape index (κ3) is 4.82. The molecular weight excluding hydrogens is 434 g/mol. The average molecular weight is 466 g/mol. The van der Waals surface area contributed by atoms with Gasteiger partial charge in [-0.05, 0) is 84.9 Å². The van der Waals surface area contributed by atoms with Crippen LogP contribution in [0.2, 0.25) is 0 Å². The van der Waals surface area contributed by atoms with Gasteiger partial charge in [-0.3, -0.25) is 0 Å². The highest BCUT2D eigenvalue weighted by Crippen LogP contribution is 2.42. The minimum absolute atomic E-state index is 0.628. The summed E-state index contributed by atoms with van der Waals surface area (Å²) in [7, 11) is 0. The van der Waals surface area contributed by atoms with Crippen molar-refractivity contribution in [3.8, 4) is 22.5 Å². The van der Waals surface area contributed by atoms with E-state index in [9.17, 15) is 0 Å². The topological polar surface area (TPSA) is 82.6 Å². The first-order valence-electron chi connectivity index (χ1n) is 12.7. The van der Waals surface area contributed by atoms with E-state index in [-0.39, 0.29) is 0 Å². The number of fused-ring (bicyclic) bond motifs is 3. The highest BCUT2D eigenvalue weighted by Gasteiger charge is 2.25. The minimum Gasteiger partial charge on any atom is -0.369 e. The number of pyridine rings is 1. The van der Waals surface area contributed by atoms with Gasteiger partial charge in [-0.25, -0.2) is 4.98 Å². The average Bonchev–Trinajstić information content (AvgIpc) is 3.55. The summed E-state index contributed by atoms with van der Waals surface area (Å²) >= 11 is 0. The second-order valence-corrected chi connectivity index (χ2v) is 9.63. The zero-order valence-electron chi connectivity index (χ0n) is 20.0. The number of aromatic nitrogens is 5. The second-order valence-electron chi connectivity index (χ2n) is 9.63. The van der Waals surface area contributed by atoms with Crippen LogP contribution in [0.4, 0.5) is 5.82 Å². The molecule has 0 radical (unpaired) electrons. The number of hydrogen-bond donors (Lipinski definition) is 2. The SMILES string of the molecule is c1ccc(Cc2cc3c(c(NCCCN4CCCCC4)n2)-c2ccc(-c4nn[nH]n4)cc2C3)cc1. The third-order valence-corrected chi connectivity index (χ3v) is 7.13. The summed E-state index contributed by atoms with van der Waals surface area (Å²) in [6.07, 6.45) is 6.92. The van der Waals surface area contributed by atoms with Gasteiger partial charge in [0.2, 0.25) is 5.82 Å². The smallest absolute Gasteiger partial charge is 0.204 e. The van der Waals surface area contributed by atoms with E-state index in [1.807, 2.05) is 0 Å². The molecule has 2 aromatic heterocycles. The Balaban J connectivity index is 1.26. The van der Waals surface area contributed by atoms with E-state index in [2.05, 4.69) is 85.4 Å². The van der Waals surface area contributed by atoms with Crippen LogP contribution in [0.3, 0.4) is 0 Å². The predicted octanol–water partition coefficient (Wildman–Crippen LogP) is 4.71. The zero-order valence-corrected chi connectivity index (χ0v) is 20.0. The number of hydrogen-bond acceptors (Lipinski definition) is 6. The maximum absolute atomic E-state index is 5.13. The predicted molar refractivity (Wildman–Crippen MR) is 138 cm³/mol. The first-order valence-corrected chi connectivity index (χ1v) is 12.7. The van der Waals surface area contributed by atoms with Crippen LogP contribution in [0, 0.1) is 0 Å². The molecule has 2 aliphatic rings. The number of aromatic amines is 1. The summed E-state index contributed by atoms with van der Waals surface area (Å²) in [4.78, 5) is 7.73. The van der Waals surface area contributed by atoms with Crippen LogP contribution in [0.5, 0.6) is 0 Å². The number of piperidine rings is 1. The molecule has 0 amide bonds. The summed E-state index contributed by atoms with van der Waals surface area (Å²) in [5, 5.41) is 18.3. The van der Waals surface area contributed by atoms with Crippen molar-refractivity contribution >= 4 is 5.82 Å². The first-order chi connectivity index (χ1) is 17.3. The molecule has 2 aromatic carbocycles. The van der Waals surface area contributed by atoms with E-state index in [4.69, 9.17) is 4.98 Å². The molecule has 0 spiro atoms. The van der Waals surface area contributed by atoms with Crippen molar-refractivity contribution < 1.29 is 0 Å². The van der Waals surface area contributed by atoms with Crippen LogP contribution in [0.25, 0.3) is 22.5 Å². The number of rotatable bonds is 8. The Hall–Kier alpha value is -3.58. The summed E-state index contributed by atoms with van der Waals surface area (Å²) in [5.74, 6) is 1.64. The minimum atomic E-state index is 0.628. The molecular formula is C28H31N7. The molecule has 1 aliphatic heterocycles. The molecule has 178 valence electrons. The van der Waals surface area contributed by atoms with Crippen molar-refractivity contribution in [3.63, 3.8) is 0 Å². The fourth-order valence-corrected chi connectivity index (χ4v) is 5.43. The van der Waals surface area contributed by atoms with Gasteiger partial charge in [0.05, 0.1) is 0 Å². The lowest BCUT2D eigenvalue weighted by molar-refractivity contribution is 0.228. The van der Waals surface area contributed by atoms with Gasteiger partial charge >= 0.3 is 0 Å². The molecule has 7 nitrogen and oxygen atoms in total. The molecule has 4 aromatic rings. The molecule has 0 saturated carbocycles. The third-order valence-electron chi connectivity index (χ3n) is 7.13. The van der Waals surface area contributed by atoms with Crippen LogP contribution in [0.15, 0.2) is 54.6 Å². The molecule has 1 fully saturated rings. The molecule has 0 atom stereocenters. The van der Waals surface area contributed by atoms with Gasteiger partial charge in [0.25, 0.3) is 0 Å². The lowest BCUT2D eigenvalue weighted by atomic mass is 10.0. The van der Waals surface area contributed by atoms with Crippen molar-refractivity contribution in [1.82, 2.24) is 30.5 Å². The van der Waals surface area contributed by atoms with E-state index in [1.54, 1.807) is 0 Å². The first kappa shape index (κ1) is 21.9. The standard InChI is InChI=1S/C28H31N7/c1-3-8-20(9-4-1)16-24-19-23-18-22-17-21(27-31-33-34-32-27)10-11-25(22)26(23)28(30-24)29-12-7-15-35-13-5-2-6-14-35/h1,3-4,8-11,17,19H,2,5-7,12-16,18H2,(H,29,30)(H,31,32,33,34). The van der Waals surface area contributed by atoms with Gasteiger partial charge in [0, 0.05) is 29.8 Å². The molecule has 1 saturated heterocycles. The second kappa shape index (κ2) is 9.96. The Morgan fingerprint density at radius 3 is 2.66 bits per heavy atom. The van der Waals surface area contributed by atoms with Crippen molar-refractivity contribution in [1.29, 1.82) is 0 Å². The van der Waals surface area contributed by atoms with Crippen molar-refractivity contribution in [2.45, 2.75) is 38.5 Å². The lowest BCUT2D eigenvalue weighted by Gasteiger charge is -2.26. The molecule has 1 aliphatic carbocycles. The van der Waals surface area contributed by atoms with Gasteiger partial charge in [-0.15, -0.1) is 10.2 Å². The number of H-pyrrole nitrogens is 1. The monoisotopic (exact) mass is 465 g/mol. The van der Waals surface area contributed by atoms with E-state index in [0.717, 1.165) is 49.4 Å². The lowest BCUT2D eigenvalue weighted by Crippen LogP contribution is -2.31. The Morgan fingerprint density at radius 2 is 1.83 bits per heavy atom. The zero-order chi connectivity index (χ0) is 23.5. The highest BCUT2D eigenvalue weighted by molar-refractivity contribution is 5.86. The summed E-state index contributed by atoms with van der Waals surface area (Å²) in [6.45, 7) is 4.58. The van der Waals surface area contributed by atoms with Crippen LogP contribution >= 0.6 is 0 Å². The molecule has 7 heteroatoms. The van der Waals surface area contributed by atoms with Crippen LogP contribution in [-0.4, -0.2) is 56.7 Å². The highest BCUT2D eigenvalue weighted by atomic mass is 15.5. The van der Waals surface area contributed by atoms with Crippen LogP contribution in [-0.2, 0) is 12.8 Å². The summed E-state index contributed by atoms with van der Waals surface area (Å²) < 4.78 is 0. The Labute approximate surface area is 206 Å². The summed E-state index contributed by atoms with van der Waals surface area (Å²) in [6, 6.07) is 19.3. The number of anilines is 1. The van der Waals surface area contributed by atoms with Gasteiger partial charge < -0.3 is 10.2 Å². The molecule has 6 rings (SSSR count). The van der Waals surface area contributed by atoms with E-state index in [0.29, 0.717) is 5.82 Å². The Morgan fingerprint density at radius 1 is 0.943 bits per heavy atom. The molecule has 2 N–H and O–H groups in total. The largest absolute Gasteiger partial charge is 0.369 e. The van der Waals surface area contributed by atoms with Gasteiger partial charge in [0.1, 0.15) is 5.82 Å². The molecule has 3 heterocycles. The van der Waals surface area contributed by atoms with Crippen LogP contribution < -0.4 is 5.32 Å². The quantitative estimate of drug-likeness (QED) is 0.323. The number of likely N-dealkylation sites (tertiary alicyclic amines) is 1. The molecule has 0 unspecified atom stereocenters. The van der Waals surface area contributed by atoms with E-state index < -0.39 is 0 Å². The molecule has 35 heavy (non-hydrogen) atoms. The normalized spacial score (nSPS) is 15.1. The van der Waals surface area contributed by atoms with Gasteiger partial charge in [-0.2, -0.15) is 5.21 Å². The number of tetrazole rings is 1. The fourth-order valence-electron chi connectivity index (χ4n) is 5.43. The van der Waals surface area contributed by atoms with Crippen molar-refractivity contribution in [3.05, 3.63) is 77.0 Å². The van der Waals surface area contributed by atoms with Crippen LogP contribution in [0.1, 0.15) is 48.1 Å². The maximum atomic E-state index is 5.13. The van der Waals surface area contributed by atoms with E-state index >= 15 is 0 Å². The Kier molecular flexibility index (Phi) is 6.24. The fraction of sp³-hybridized carbons (Fsp3) is 0.357. The number of nitrogens with one attached hydrogen (secondary N) is 2. The summed E-state index contributed by atoms with van der Waals surface area (Å²) in [5.41, 5.74) is 8.51. The van der Waals surface area contributed by atoms with Crippen molar-refractivity contribution in [2.75, 3.05) is 31.5 Å². The maximum Gasteiger partial charge on any atom is 0.204 e. The number of nitrogens with zero attached hydrogens (tertiary/aromatic N) is 5.